The van der Waals surface area contributed by atoms with Crippen LogP contribution in [0.5, 0.6) is 5.75 Å². The third-order valence-corrected chi connectivity index (χ3v) is 2.86. The zero-order chi connectivity index (χ0) is 10.7. The van der Waals surface area contributed by atoms with E-state index in [9.17, 15) is 0 Å². The van der Waals surface area contributed by atoms with Gasteiger partial charge in [-0.25, -0.2) is 0 Å². The van der Waals surface area contributed by atoms with Crippen LogP contribution in [0.3, 0.4) is 0 Å². The lowest BCUT2D eigenvalue weighted by molar-refractivity contribution is -0.442. The van der Waals surface area contributed by atoms with Crippen LogP contribution in [0.1, 0.15) is 12.0 Å². The standard InChI is InChI=1S/C12H14ClNO/c1-9-2-3-11(13)12(6-9)15-8-10-4-5-14-7-10/h2-3,6-7,10H,4-5,8H2,1H3/p+1. The minimum Gasteiger partial charge on any atom is -0.491 e. The van der Waals surface area contributed by atoms with E-state index in [0.29, 0.717) is 17.5 Å². The summed E-state index contributed by atoms with van der Waals surface area (Å²) < 4.78 is 5.70. The van der Waals surface area contributed by atoms with Crippen molar-refractivity contribution in [1.82, 2.24) is 0 Å². The first-order valence-corrected chi connectivity index (χ1v) is 5.59. The van der Waals surface area contributed by atoms with E-state index in [2.05, 4.69) is 11.2 Å². The molecule has 1 atom stereocenters. The lowest BCUT2D eigenvalue weighted by Gasteiger charge is -2.09. The van der Waals surface area contributed by atoms with Crippen molar-refractivity contribution in [2.75, 3.05) is 13.2 Å². The van der Waals surface area contributed by atoms with Crippen LogP contribution < -0.4 is 9.73 Å². The molecular formula is C12H15ClNO+. The summed E-state index contributed by atoms with van der Waals surface area (Å²) in [6.07, 6.45) is 3.24. The molecule has 1 unspecified atom stereocenters. The third-order valence-electron chi connectivity index (χ3n) is 2.55. The molecule has 0 aliphatic carbocycles. The molecule has 1 heterocycles. The Hall–Kier alpha value is -1.02. The third kappa shape index (κ3) is 2.72. The largest absolute Gasteiger partial charge is 0.491 e. The van der Waals surface area contributed by atoms with Gasteiger partial charge in [0.25, 0.3) is 0 Å². The molecule has 0 spiro atoms. The number of hydrogen-bond acceptors (Lipinski definition) is 1. The Morgan fingerprint density at radius 1 is 1.53 bits per heavy atom. The summed E-state index contributed by atoms with van der Waals surface area (Å²) in [5, 5.41) is 0.687. The maximum atomic E-state index is 6.03. The van der Waals surface area contributed by atoms with Crippen molar-refractivity contribution in [1.29, 1.82) is 0 Å². The van der Waals surface area contributed by atoms with Crippen molar-refractivity contribution in [3.8, 4) is 5.75 Å². The van der Waals surface area contributed by atoms with E-state index in [1.165, 1.54) is 5.56 Å². The van der Waals surface area contributed by atoms with E-state index in [4.69, 9.17) is 16.3 Å². The minimum atomic E-state index is 0.501. The summed E-state index contributed by atoms with van der Waals surface area (Å²) in [7, 11) is 0. The number of aryl methyl sites for hydroxylation is 1. The Labute approximate surface area is 94.9 Å². The molecule has 1 aromatic carbocycles. The molecule has 0 amide bonds. The van der Waals surface area contributed by atoms with Crippen molar-refractivity contribution in [2.45, 2.75) is 13.3 Å². The highest BCUT2D eigenvalue weighted by atomic mass is 35.5. The van der Waals surface area contributed by atoms with Crippen molar-refractivity contribution in [3.63, 3.8) is 0 Å². The Morgan fingerprint density at radius 2 is 2.40 bits per heavy atom. The fourth-order valence-electron chi connectivity index (χ4n) is 1.65. The van der Waals surface area contributed by atoms with Crippen LogP contribution in [0.25, 0.3) is 0 Å². The molecule has 1 aromatic rings. The van der Waals surface area contributed by atoms with Gasteiger partial charge in [-0.2, -0.15) is 0 Å². The molecule has 3 heteroatoms. The lowest BCUT2D eigenvalue weighted by atomic mass is 10.1. The van der Waals surface area contributed by atoms with E-state index >= 15 is 0 Å². The Kier molecular flexibility index (Phi) is 3.27. The van der Waals surface area contributed by atoms with Crippen LogP contribution in [0.15, 0.2) is 18.2 Å². The molecule has 0 bridgehead atoms. The molecule has 0 fully saturated rings. The molecular weight excluding hydrogens is 210 g/mol. The maximum absolute atomic E-state index is 6.03. The second-order valence-electron chi connectivity index (χ2n) is 3.91. The molecule has 0 aromatic heterocycles. The average molecular weight is 225 g/mol. The first kappa shape index (κ1) is 10.5. The Balaban J connectivity index is 1.97. The predicted molar refractivity (Wildman–Crippen MR) is 61.7 cm³/mol. The van der Waals surface area contributed by atoms with Gasteiger partial charge >= 0.3 is 0 Å². The van der Waals surface area contributed by atoms with Gasteiger partial charge in [0.2, 0.25) is 0 Å². The highest BCUT2D eigenvalue weighted by Crippen LogP contribution is 2.25. The number of halogens is 1. The average Bonchev–Trinajstić information content (AvgIpc) is 2.72. The number of hydrogen-bond donors (Lipinski definition) is 1. The first-order chi connectivity index (χ1) is 7.25. The SMILES string of the molecule is Cc1ccc(Cl)c(OCC2C=[NH+]CC2)c1. The van der Waals surface area contributed by atoms with E-state index in [1.54, 1.807) is 0 Å². The van der Waals surface area contributed by atoms with Crippen LogP contribution in [-0.4, -0.2) is 19.4 Å². The summed E-state index contributed by atoms with van der Waals surface area (Å²) in [5.41, 5.74) is 1.17. The van der Waals surface area contributed by atoms with Crippen molar-refractivity contribution in [3.05, 3.63) is 28.8 Å². The van der Waals surface area contributed by atoms with Gasteiger partial charge in [0, 0.05) is 6.42 Å². The van der Waals surface area contributed by atoms with Gasteiger partial charge in [0.1, 0.15) is 25.1 Å². The molecule has 1 aliphatic rings. The van der Waals surface area contributed by atoms with Crippen LogP contribution in [0.2, 0.25) is 5.02 Å². The molecule has 0 radical (unpaired) electrons. The van der Waals surface area contributed by atoms with Crippen LogP contribution >= 0.6 is 11.6 Å². The monoisotopic (exact) mass is 224 g/mol. The van der Waals surface area contributed by atoms with Gasteiger partial charge in [-0.15, -0.1) is 0 Å². The van der Waals surface area contributed by atoms with E-state index in [0.717, 1.165) is 18.7 Å². The van der Waals surface area contributed by atoms with Gasteiger partial charge in [-0.1, -0.05) is 17.7 Å². The Morgan fingerprint density at radius 3 is 3.13 bits per heavy atom. The quantitative estimate of drug-likeness (QED) is 0.820. The van der Waals surface area contributed by atoms with Gasteiger partial charge in [0.15, 0.2) is 0 Å². The number of ether oxygens (including phenoxy) is 1. The van der Waals surface area contributed by atoms with E-state index < -0.39 is 0 Å². The molecule has 2 nitrogen and oxygen atoms in total. The highest BCUT2D eigenvalue weighted by molar-refractivity contribution is 6.32. The molecule has 2 rings (SSSR count). The van der Waals surface area contributed by atoms with Crippen molar-refractivity contribution in [2.24, 2.45) is 5.92 Å². The summed E-state index contributed by atoms with van der Waals surface area (Å²) in [6, 6.07) is 5.84. The summed E-state index contributed by atoms with van der Waals surface area (Å²) in [4.78, 5) is 3.20. The molecule has 0 saturated heterocycles. The minimum absolute atomic E-state index is 0.501. The van der Waals surface area contributed by atoms with Crippen LogP contribution in [0.4, 0.5) is 0 Å². The fourth-order valence-corrected chi connectivity index (χ4v) is 1.82. The lowest BCUT2D eigenvalue weighted by Crippen LogP contribution is -2.65. The second-order valence-corrected chi connectivity index (χ2v) is 4.32. The highest BCUT2D eigenvalue weighted by Gasteiger charge is 2.16. The normalized spacial score (nSPS) is 19.5. The number of rotatable bonds is 3. The molecule has 1 aliphatic heterocycles. The van der Waals surface area contributed by atoms with Crippen molar-refractivity contribution >= 4 is 17.8 Å². The topological polar surface area (TPSA) is 23.2 Å². The van der Waals surface area contributed by atoms with Gasteiger partial charge in [-0.05, 0) is 24.6 Å². The van der Waals surface area contributed by atoms with Crippen LogP contribution in [0, 0.1) is 12.8 Å². The number of nitrogens with one attached hydrogen (secondary N) is 1. The molecule has 80 valence electrons. The van der Waals surface area contributed by atoms with Crippen LogP contribution in [-0.2, 0) is 0 Å². The number of benzene rings is 1. The summed E-state index contributed by atoms with van der Waals surface area (Å²) >= 11 is 6.03. The van der Waals surface area contributed by atoms with Gasteiger partial charge in [-0.3, -0.25) is 4.99 Å². The first-order valence-electron chi connectivity index (χ1n) is 5.21. The molecule has 15 heavy (non-hydrogen) atoms. The van der Waals surface area contributed by atoms with E-state index in [-0.39, 0.29) is 0 Å². The maximum Gasteiger partial charge on any atom is 0.144 e. The summed E-state index contributed by atoms with van der Waals surface area (Å²) in [5.74, 6) is 1.29. The molecule has 0 saturated carbocycles. The fraction of sp³-hybridized carbons (Fsp3) is 0.417. The predicted octanol–water partition coefficient (Wildman–Crippen LogP) is 1.20. The van der Waals surface area contributed by atoms with Crippen molar-refractivity contribution < 1.29 is 9.73 Å². The van der Waals surface area contributed by atoms with E-state index in [1.807, 2.05) is 25.1 Å². The smallest absolute Gasteiger partial charge is 0.144 e. The Bertz CT molecular complexity index is 376. The zero-order valence-corrected chi connectivity index (χ0v) is 9.55. The summed E-state index contributed by atoms with van der Waals surface area (Å²) in [6.45, 7) is 3.79. The second kappa shape index (κ2) is 4.67. The van der Waals surface area contributed by atoms with Gasteiger partial charge in [0.05, 0.1) is 10.9 Å². The molecule has 1 N–H and O–H groups in total. The van der Waals surface area contributed by atoms with Gasteiger partial charge < -0.3 is 4.74 Å². The zero-order valence-electron chi connectivity index (χ0n) is 8.79.